The lowest BCUT2D eigenvalue weighted by molar-refractivity contribution is -0.185. The van der Waals surface area contributed by atoms with E-state index >= 15 is 0 Å². The number of carbonyl (C=O) groups excluding carboxylic acids is 1. The summed E-state index contributed by atoms with van der Waals surface area (Å²) in [6.07, 6.45) is -3.55. The molecule has 0 aliphatic carbocycles. The molecule has 1 fully saturated rings. The first-order chi connectivity index (χ1) is 9.86. The number of hydrogen-bond acceptors (Lipinski definition) is 2. The van der Waals surface area contributed by atoms with Gasteiger partial charge in [-0.25, -0.2) is 0 Å². The van der Waals surface area contributed by atoms with Crippen LogP contribution in [0.2, 0.25) is 5.02 Å². The molecule has 116 valence electrons. The molecule has 21 heavy (non-hydrogen) atoms. The summed E-state index contributed by atoms with van der Waals surface area (Å²) in [6, 6.07) is 6.72. The van der Waals surface area contributed by atoms with Gasteiger partial charge in [-0.2, -0.15) is 13.2 Å². The van der Waals surface area contributed by atoms with Crippen LogP contribution < -0.4 is 0 Å². The largest absolute Gasteiger partial charge is 0.391 e. The highest BCUT2D eigenvalue weighted by atomic mass is 35.5. The lowest BCUT2D eigenvalue weighted by Gasteiger charge is -2.32. The predicted octanol–water partition coefficient (Wildman–Crippen LogP) is 4.19. The van der Waals surface area contributed by atoms with E-state index in [9.17, 15) is 18.0 Å². The molecular formula is C15H17ClF3NO. The van der Waals surface area contributed by atoms with Gasteiger partial charge in [0.15, 0.2) is 5.78 Å². The molecule has 0 saturated carbocycles. The fourth-order valence-electron chi connectivity index (χ4n) is 2.55. The van der Waals surface area contributed by atoms with E-state index in [1.165, 1.54) is 0 Å². The number of nitrogens with zero attached hydrogens (tertiary/aromatic N) is 1. The number of carbonyl (C=O) groups is 1. The van der Waals surface area contributed by atoms with Gasteiger partial charge in [0, 0.05) is 23.6 Å². The third-order valence-electron chi connectivity index (χ3n) is 3.85. The van der Waals surface area contributed by atoms with Gasteiger partial charge in [-0.3, -0.25) is 4.79 Å². The molecule has 6 heteroatoms. The number of alkyl halides is 3. The van der Waals surface area contributed by atoms with Crippen molar-refractivity contribution >= 4 is 17.4 Å². The van der Waals surface area contributed by atoms with Crippen molar-refractivity contribution in [3.8, 4) is 0 Å². The predicted molar refractivity (Wildman–Crippen MR) is 75.6 cm³/mol. The Morgan fingerprint density at radius 3 is 2.52 bits per heavy atom. The van der Waals surface area contributed by atoms with Gasteiger partial charge in [-0.05, 0) is 38.1 Å². The van der Waals surface area contributed by atoms with Crippen molar-refractivity contribution in [1.29, 1.82) is 0 Å². The van der Waals surface area contributed by atoms with Crippen LogP contribution in [0, 0.1) is 5.92 Å². The zero-order chi connectivity index (χ0) is 15.5. The third kappa shape index (κ3) is 4.71. The Morgan fingerprint density at radius 2 is 1.95 bits per heavy atom. The van der Waals surface area contributed by atoms with Crippen LogP contribution in [0.5, 0.6) is 0 Å². The average Bonchev–Trinajstić information content (AvgIpc) is 2.44. The molecule has 0 bridgehead atoms. The lowest BCUT2D eigenvalue weighted by atomic mass is 9.96. The summed E-state index contributed by atoms with van der Waals surface area (Å²) in [5.41, 5.74) is 0.549. The number of hydrogen-bond donors (Lipinski definition) is 0. The highest BCUT2D eigenvalue weighted by molar-refractivity contribution is 6.31. The summed E-state index contributed by atoms with van der Waals surface area (Å²) >= 11 is 5.83. The van der Waals surface area contributed by atoms with E-state index in [1.54, 1.807) is 24.3 Å². The molecule has 1 saturated heterocycles. The van der Waals surface area contributed by atoms with Gasteiger partial charge in [0.2, 0.25) is 0 Å². The molecular weight excluding hydrogens is 303 g/mol. The number of piperidine rings is 1. The monoisotopic (exact) mass is 319 g/mol. The van der Waals surface area contributed by atoms with Gasteiger partial charge in [0.05, 0.1) is 5.92 Å². The zero-order valence-corrected chi connectivity index (χ0v) is 12.3. The number of Topliss-reactive ketones (excluding diaryl/α,β-unsaturated/α-hetero) is 1. The fourth-order valence-corrected chi connectivity index (χ4v) is 2.74. The van der Waals surface area contributed by atoms with Crippen molar-refractivity contribution in [1.82, 2.24) is 4.90 Å². The number of benzene rings is 1. The van der Waals surface area contributed by atoms with Crippen LogP contribution in [-0.4, -0.2) is 36.5 Å². The van der Waals surface area contributed by atoms with E-state index in [1.807, 2.05) is 4.90 Å². The number of halogens is 4. The molecule has 0 unspecified atom stereocenters. The van der Waals surface area contributed by atoms with Crippen LogP contribution in [0.25, 0.3) is 0 Å². The summed E-state index contributed by atoms with van der Waals surface area (Å²) in [5, 5.41) is 0.506. The van der Waals surface area contributed by atoms with E-state index in [-0.39, 0.29) is 18.6 Å². The highest BCUT2D eigenvalue weighted by Gasteiger charge is 2.40. The van der Waals surface area contributed by atoms with Crippen LogP contribution >= 0.6 is 11.6 Å². The molecule has 1 aromatic rings. The highest BCUT2D eigenvalue weighted by Crippen LogP contribution is 2.34. The molecule has 1 aliphatic heterocycles. The molecule has 0 spiro atoms. The summed E-state index contributed by atoms with van der Waals surface area (Å²) in [7, 11) is 0. The molecule has 2 rings (SSSR count). The molecule has 1 aliphatic rings. The maximum Gasteiger partial charge on any atom is 0.391 e. The fraction of sp³-hybridized carbons (Fsp3) is 0.533. The maximum absolute atomic E-state index is 12.6. The Morgan fingerprint density at radius 1 is 1.29 bits per heavy atom. The normalized spacial score (nSPS) is 17.9. The second-order valence-corrected chi connectivity index (χ2v) is 5.78. The summed E-state index contributed by atoms with van der Waals surface area (Å²) in [5.74, 6) is -1.23. The van der Waals surface area contributed by atoms with Gasteiger partial charge >= 0.3 is 6.18 Å². The topological polar surface area (TPSA) is 20.3 Å². The van der Waals surface area contributed by atoms with Gasteiger partial charge in [-0.15, -0.1) is 0 Å². The summed E-state index contributed by atoms with van der Waals surface area (Å²) in [6.45, 7) is 1.29. The Bertz CT molecular complexity index is 496. The van der Waals surface area contributed by atoms with E-state index in [0.29, 0.717) is 36.6 Å². The first-order valence-corrected chi connectivity index (χ1v) is 7.32. The van der Waals surface area contributed by atoms with Gasteiger partial charge < -0.3 is 4.90 Å². The summed E-state index contributed by atoms with van der Waals surface area (Å²) in [4.78, 5) is 13.9. The third-order valence-corrected chi connectivity index (χ3v) is 4.09. The van der Waals surface area contributed by atoms with Crippen LogP contribution in [0.4, 0.5) is 13.2 Å². The molecule has 1 aromatic carbocycles. The van der Waals surface area contributed by atoms with Crippen molar-refractivity contribution < 1.29 is 18.0 Å². The summed E-state index contributed by atoms with van der Waals surface area (Å²) < 4.78 is 37.7. The van der Waals surface area contributed by atoms with Gasteiger partial charge in [0.1, 0.15) is 0 Å². The number of likely N-dealkylation sites (tertiary alicyclic amines) is 1. The second-order valence-electron chi connectivity index (χ2n) is 5.34. The van der Waals surface area contributed by atoms with Gasteiger partial charge in [0.25, 0.3) is 0 Å². The van der Waals surface area contributed by atoms with E-state index in [0.717, 1.165) is 0 Å². The quantitative estimate of drug-likeness (QED) is 0.776. The van der Waals surface area contributed by atoms with Crippen molar-refractivity contribution in [2.24, 2.45) is 5.92 Å². The molecule has 0 atom stereocenters. The number of ketones is 1. The molecule has 0 amide bonds. The molecule has 0 aromatic heterocycles. The average molecular weight is 320 g/mol. The van der Waals surface area contributed by atoms with Crippen molar-refractivity contribution in [2.45, 2.75) is 25.4 Å². The van der Waals surface area contributed by atoms with Crippen LogP contribution in [0.1, 0.15) is 29.6 Å². The number of rotatable bonds is 4. The standard InChI is InChI=1S/C15H17ClF3NO/c16-13-3-1-2-11(10-13)14(21)6-9-20-7-4-12(5-8-20)15(17,18)19/h1-3,10,12H,4-9H2. The minimum absolute atomic E-state index is 0.0320. The Labute approximate surface area is 126 Å². The molecule has 0 N–H and O–H groups in total. The van der Waals surface area contributed by atoms with Gasteiger partial charge in [-0.1, -0.05) is 23.7 Å². The second kappa shape index (κ2) is 6.79. The molecule has 2 nitrogen and oxygen atoms in total. The SMILES string of the molecule is O=C(CCN1CCC(C(F)(F)F)CC1)c1cccc(Cl)c1. The van der Waals surface area contributed by atoms with Crippen LogP contribution in [0.3, 0.4) is 0 Å². The first-order valence-electron chi connectivity index (χ1n) is 6.94. The smallest absolute Gasteiger partial charge is 0.303 e. The van der Waals surface area contributed by atoms with E-state index < -0.39 is 12.1 Å². The van der Waals surface area contributed by atoms with Crippen molar-refractivity contribution in [3.05, 3.63) is 34.9 Å². The first kappa shape index (κ1) is 16.3. The zero-order valence-electron chi connectivity index (χ0n) is 11.5. The van der Waals surface area contributed by atoms with Crippen molar-refractivity contribution in [3.63, 3.8) is 0 Å². The molecule has 1 heterocycles. The minimum atomic E-state index is -4.09. The van der Waals surface area contributed by atoms with Crippen LogP contribution in [0.15, 0.2) is 24.3 Å². The van der Waals surface area contributed by atoms with Crippen LogP contribution in [-0.2, 0) is 0 Å². The minimum Gasteiger partial charge on any atom is -0.303 e. The maximum atomic E-state index is 12.6. The van der Waals surface area contributed by atoms with Crippen molar-refractivity contribution in [2.75, 3.05) is 19.6 Å². The Balaban J connectivity index is 1.78. The van der Waals surface area contributed by atoms with E-state index in [4.69, 9.17) is 11.6 Å². The van der Waals surface area contributed by atoms with E-state index in [2.05, 4.69) is 0 Å². The Kier molecular flexibility index (Phi) is 5.27. The Hall–Kier alpha value is -1.07. The molecule has 0 radical (unpaired) electrons. The lowest BCUT2D eigenvalue weighted by Crippen LogP contribution is -2.39.